The third kappa shape index (κ3) is 7.41. The van der Waals surface area contributed by atoms with E-state index in [4.69, 9.17) is 5.14 Å². The Morgan fingerprint density at radius 2 is 2.14 bits per heavy atom. The maximum absolute atomic E-state index is 10.9. The highest BCUT2D eigenvalue weighted by Gasteiger charge is 2.04. The lowest BCUT2D eigenvalue weighted by molar-refractivity contribution is 0.567. The van der Waals surface area contributed by atoms with E-state index in [2.05, 4.69) is 20.7 Å². The van der Waals surface area contributed by atoms with Crippen molar-refractivity contribution < 1.29 is 8.42 Å². The molecular formula is C13H26N6O2S. The quantitative estimate of drug-likeness (QED) is 0.345. The SMILES string of the molecule is CCNC(=NCCCn1nc(C)cc1C)NCCS(N)(=O)=O. The van der Waals surface area contributed by atoms with Crippen molar-refractivity contribution in [1.82, 2.24) is 20.4 Å². The second kappa shape index (κ2) is 8.74. The first kappa shape index (κ1) is 18.4. The summed E-state index contributed by atoms with van der Waals surface area (Å²) in [5, 5.41) is 15.4. The van der Waals surface area contributed by atoms with Crippen molar-refractivity contribution in [2.75, 3.05) is 25.4 Å². The number of guanidine groups is 1. The molecule has 0 fully saturated rings. The fourth-order valence-corrected chi connectivity index (χ4v) is 2.35. The molecule has 0 amide bonds. The Morgan fingerprint density at radius 1 is 1.41 bits per heavy atom. The number of aryl methyl sites for hydroxylation is 3. The first-order chi connectivity index (χ1) is 10.3. The minimum Gasteiger partial charge on any atom is -0.357 e. The van der Waals surface area contributed by atoms with Crippen LogP contribution in [0.25, 0.3) is 0 Å². The summed E-state index contributed by atoms with van der Waals surface area (Å²) in [6.07, 6.45) is 0.855. The smallest absolute Gasteiger partial charge is 0.210 e. The molecule has 1 rings (SSSR count). The zero-order valence-corrected chi connectivity index (χ0v) is 14.3. The Kier molecular flexibility index (Phi) is 7.33. The number of nitrogens with one attached hydrogen (secondary N) is 2. The van der Waals surface area contributed by atoms with Gasteiger partial charge >= 0.3 is 0 Å². The van der Waals surface area contributed by atoms with Crippen LogP contribution in [0, 0.1) is 13.8 Å². The Labute approximate surface area is 132 Å². The number of hydrogen-bond donors (Lipinski definition) is 3. The van der Waals surface area contributed by atoms with Gasteiger partial charge in [0, 0.05) is 31.9 Å². The summed E-state index contributed by atoms with van der Waals surface area (Å²) in [4.78, 5) is 4.40. The molecule has 1 aromatic rings. The van der Waals surface area contributed by atoms with Crippen molar-refractivity contribution in [2.45, 2.75) is 33.7 Å². The van der Waals surface area contributed by atoms with E-state index in [-0.39, 0.29) is 12.3 Å². The first-order valence-electron chi connectivity index (χ1n) is 7.35. The Hall–Kier alpha value is -1.61. The van der Waals surface area contributed by atoms with Gasteiger partial charge in [-0.1, -0.05) is 0 Å². The molecule has 0 saturated heterocycles. The number of nitrogens with two attached hydrogens (primary N) is 1. The molecule has 0 aromatic carbocycles. The number of hydrogen-bond acceptors (Lipinski definition) is 4. The maximum Gasteiger partial charge on any atom is 0.210 e. The molecule has 126 valence electrons. The fraction of sp³-hybridized carbons (Fsp3) is 0.692. The molecule has 0 aliphatic rings. The molecule has 22 heavy (non-hydrogen) atoms. The molecule has 0 aliphatic carbocycles. The van der Waals surface area contributed by atoms with E-state index in [0.29, 0.717) is 19.0 Å². The highest BCUT2D eigenvalue weighted by molar-refractivity contribution is 7.89. The molecule has 0 unspecified atom stereocenters. The molecule has 8 nitrogen and oxygen atoms in total. The van der Waals surface area contributed by atoms with Crippen LogP contribution in [-0.2, 0) is 16.6 Å². The summed E-state index contributed by atoms with van der Waals surface area (Å²) in [6.45, 7) is 8.33. The molecule has 1 aromatic heterocycles. The number of rotatable bonds is 8. The van der Waals surface area contributed by atoms with Crippen molar-refractivity contribution in [3.05, 3.63) is 17.5 Å². The average molecular weight is 330 g/mol. The number of nitrogens with zero attached hydrogens (tertiary/aromatic N) is 3. The molecular weight excluding hydrogens is 304 g/mol. The van der Waals surface area contributed by atoms with Crippen LogP contribution in [0.15, 0.2) is 11.1 Å². The number of aromatic nitrogens is 2. The van der Waals surface area contributed by atoms with E-state index in [1.807, 2.05) is 31.5 Å². The summed E-state index contributed by atoms with van der Waals surface area (Å²) < 4.78 is 23.7. The van der Waals surface area contributed by atoms with Crippen molar-refractivity contribution >= 4 is 16.0 Å². The van der Waals surface area contributed by atoms with Crippen LogP contribution < -0.4 is 15.8 Å². The lowest BCUT2D eigenvalue weighted by Gasteiger charge is -2.10. The van der Waals surface area contributed by atoms with Crippen LogP contribution in [-0.4, -0.2) is 49.5 Å². The summed E-state index contributed by atoms with van der Waals surface area (Å²) in [6, 6.07) is 2.04. The third-order valence-electron chi connectivity index (χ3n) is 2.92. The second-order valence-corrected chi connectivity index (χ2v) is 6.79. The van der Waals surface area contributed by atoms with E-state index < -0.39 is 10.0 Å². The van der Waals surface area contributed by atoms with Gasteiger partial charge in [0.25, 0.3) is 0 Å². The van der Waals surface area contributed by atoms with Crippen LogP contribution in [0.5, 0.6) is 0 Å². The Morgan fingerprint density at radius 3 is 2.68 bits per heavy atom. The zero-order chi connectivity index (χ0) is 16.6. The number of aliphatic imine (C=N–C) groups is 1. The average Bonchev–Trinajstić information content (AvgIpc) is 2.71. The van der Waals surface area contributed by atoms with Crippen LogP contribution in [0.3, 0.4) is 0 Å². The zero-order valence-electron chi connectivity index (χ0n) is 13.5. The summed E-state index contributed by atoms with van der Waals surface area (Å²) in [5.41, 5.74) is 2.15. The Bertz CT molecular complexity index is 594. The molecule has 0 saturated carbocycles. The van der Waals surface area contributed by atoms with Gasteiger partial charge in [-0.15, -0.1) is 0 Å². The largest absolute Gasteiger partial charge is 0.357 e. The van der Waals surface area contributed by atoms with E-state index in [1.165, 1.54) is 0 Å². The van der Waals surface area contributed by atoms with Crippen LogP contribution in [0.1, 0.15) is 24.7 Å². The van der Waals surface area contributed by atoms with E-state index >= 15 is 0 Å². The fourth-order valence-electron chi connectivity index (χ4n) is 1.97. The van der Waals surface area contributed by atoms with Gasteiger partial charge in [-0.05, 0) is 33.3 Å². The van der Waals surface area contributed by atoms with Gasteiger partial charge in [0.1, 0.15) is 0 Å². The summed E-state index contributed by atoms with van der Waals surface area (Å²) in [5.74, 6) is 0.475. The first-order valence-corrected chi connectivity index (χ1v) is 9.07. The molecule has 1 heterocycles. The van der Waals surface area contributed by atoms with Crippen LogP contribution >= 0.6 is 0 Å². The number of sulfonamides is 1. The second-order valence-electron chi connectivity index (χ2n) is 5.06. The standard InChI is InChI=1S/C13H26N6O2S/c1-4-15-13(17-7-9-22(14,20)21)16-6-5-8-19-12(3)10-11(2)18-19/h10H,4-9H2,1-3H3,(H2,14,20,21)(H2,15,16,17). The van der Waals surface area contributed by atoms with Crippen molar-refractivity contribution in [1.29, 1.82) is 0 Å². The summed E-state index contributed by atoms with van der Waals surface area (Å²) >= 11 is 0. The molecule has 0 aliphatic heterocycles. The van der Waals surface area contributed by atoms with E-state index in [1.54, 1.807) is 0 Å². The minimum atomic E-state index is -3.46. The predicted octanol–water partition coefficient (Wildman–Crippen LogP) is -0.266. The monoisotopic (exact) mass is 330 g/mol. The van der Waals surface area contributed by atoms with Gasteiger partial charge in [-0.2, -0.15) is 5.10 Å². The van der Waals surface area contributed by atoms with Gasteiger partial charge in [0.05, 0.1) is 11.4 Å². The molecule has 9 heteroatoms. The molecule has 0 spiro atoms. The number of primary sulfonamides is 1. The van der Waals surface area contributed by atoms with Gasteiger partial charge in [-0.25, -0.2) is 13.6 Å². The van der Waals surface area contributed by atoms with Crippen LogP contribution in [0.4, 0.5) is 0 Å². The topological polar surface area (TPSA) is 114 Å². The van der Waals surface area contributed by atoms with Crippen LogP contribution in [0.2, 0.25) is 0 Å². The lowest BCUT2D eigenvalue weighted by Crippen LogP contribution is -2.40. The molecule has 0 bridgehead atoms. The van der Waals surface area contributed by atoms with Crippen molar-refractivity contribution in [3.8, 4) is 0 Å². The van der Waals surface area contributed by atoms with Crippen molar-refractivity contribution in [2.24, 2.45) is 10.1 Å². The molecule has 0 radical (unpaired) electrons. The molecule has 4 N–H and O–H groups in total. The third-order valence-corrected chi connectivity index (χ3v) is 3.70. The van der Waals surface area contributed by atoms with Gasteiger partial charge < -0.3 is 10.6 Å². The van der Waals surface area contributed by atoms with Gasteiger partial charge in [0.2, 0.25) is 10.0 Å². The maximum atomic E-state index is 10.9. The predicted molar refractivity (Wildman–Crippen MR) is 88.3 cm³/mol. The van der Waals surface area contributed by atoms with Gasteiger partial charge in [0.15, 0.2) is 5.96 Å². The minimum absolute atomic E-state index is 0.122. The van der Waals surface area contributed by atoms with E-state index in [9.17, 15) is 8.42 Å². The molecule has 0 atom stereocenters. The normalized spacial score (nSPS) is 12.5. The summed E-state index contributed by atoms with van der Waals surface area (Å²) in [7, 11) is -3.46. The van der Waals surface area contributed by atoms with E-state index in [0.717, 1.165) is 24.4 Å². The lowest BCUT2D eigenvalue weighted by atomic mass is 10.4. The highest BCUT2D eigenvalue weighted by Crippen LogP contribution is 2.02. The van der Waals surface area contributed by atoms with Gasteiger partial charge in [-0.3, -0.25) is 9.67 Å². The van der Waals surface area contributed by atoms with Crippen molar-refractivity contribution in [3.63, 3.8) is 0 Å². The Balaban J connectivity index is 2.40. The highest BCUT2D eigenvalue weighted by atomic mass is 32.2.